The van der Waals surface area contributed by atoms with Crippen molar-refractivity contribution in [3.05, 3.63) is 76.8 Å². The molecule has 0 aliphatic rings. The van der Waals surface area contributed by atoms with E-state index in [0.717, 1.165) is 16.5 Å². The second-order valence-electron chi connectivity index (χ2n) is 6.81. The van der Waals surface area contributed by atoms with Crippen LogP contribution in [-0.4, -0.2) is 22.8 Å². The van der Waals surface area contributed by atoms with E-state index in [1.807, 2.05) is 30.5 Å². The number of aromatic amines is 1. The molecule has 0 bridgehead atoms. The molecule has 4 aromatic rings. The third kappa shape index (κ3) is 4.03. The molecule has 29 heavy (non-hydrogen) atoms. The summed E-state index contributed by atoms with van der Waals surface area (Å²) in [4.78, 5) is 39.0. The first-order valence-corrected chi connectivity index (χ1v) is 9.16. The quantitative estimate of drug-likeness (QED) is 0.457. The number of carbonyl (C=O) groups excluding carboxylic acids is 2. The van der Waals surface area contributed by atoms with Gasteiger partial charge in [-0.2, -0.15) is 0 Å². The van der Waals surface area contributed by atoms with Gasteiger partial charge in [0, 0.05) is 47.6 Å². The fourth-order valence-corrected chi connectivity index (χ4v) is 3.35. The monoisotopic (exact) mass is 389 g/mol. The molecule has 2 aromatic carbocycles. The van der Waals surface area contributed by atoms with Crippen molar-refractivity contribution in [3.63, 3.8) is 0 Å². The van der Waals surface area contributed by atoms with E-state index in [4.69, 9.17) is 4.42 Å². The molecule has 1 atom stereocenters. The minimum atomic E-state index is -0.740. The molecule has 4 rings (SSSR count). The predicted molar refractivity (Wildman–Crippen MR) is 111 cm³/mol. The maximum absolute atomic E-state index is 12.9. The normalized spacial score (nSPS) is 12.0. The number of hydrogen-bond acceptors (Lipinski definition) is 4. The molecule has 7 heteroatoms. The second-order valence-corrected chi connectivity index (χ2v) is 6.81. The Kier molecular flexibility index (Phi) is 4.87. The van der Waals surface area contributed by atoms with Gasteiger partial charge in [0.2, 0.25) is 11.8 Å². The number of anilines is 1. The van der Waals surface area contributed by atoms with Crippen molar-refractivity contribution < 1.29 is 14.0 Å². The lowest BCUT2D eigenvalue weighted by molar-refractivity contribution is -0.125. The molecule has 0 fully saturated rings. The molecular weight excluding hydrogens is 370 g/mol. The molecule has 0 aliphatic carbocycles. The van der Waals surface area contributed by atoms with E-state index in [9.17, 15) is 14.4 Å². The van der Waals surface area contributed by atoms with Crippen LogP contribution in [0.1, 0.15) is 12.5 Å². The van der Waals surface area contributed by atoms with Gasteiger partial charge in [0.15, 0.2) is 0 Å². The molecule has 3 N–H and O–H groups in total. The standard InChI is InChI=1S/C22H19N3O4/c1-13(26)24-19(11-15-12-23-18-5-3-2-4-17(15)18)22(28)25-16-7-8-20-14(10-16)6-9-21(27)29-20/h2-10,12,19,23H,11H2,1H3,(H,24,26)(H,25,28). The summed E-state index contributed by atoms with van der Waals surface area (Å²) < 4.78 is 5.10. The van der Waals surface area contributed by atoms with Crippen molar-refractivity contribution in [1.29, 1.82) is 0 Å². The summed E-state index contributed by atoms with van der Waals surface area (Å²) in [6.45, 7) is 1.38. The van der Waals surface area contributed by atoms with E-state index in [2.05, 4.69) is 15.6 Å². The van der Waals surface area contributed by atoms with Gasteiger partial charge in [0.05, 0.1) is 0 Å². The molecule has 0 saturated carbocycles. The fourth-order valence-electron chi connectivity index (χ4n) is 3.35. The lowest BCUT2D eigenvalue weighted by atomic mass is 10.0. The summed E-state index contributed by atoms with van der Waals surface area (Å²) in [6.07, 6.45) is 2.20. The van der Waals surface area contributed by atoms with Crippen LogP contribution in [0.25, 0.3) is 21.9 Å². The van der Waals surface area contributed by atoms with Gasteiger partial charge >= 0.3 is 5.63 Å². The molecule has 0 saturated heterocycles. The van der Waals surface area contributed by atoms with E-state index in [-0.39, 0.29) is 11.8 Å². The number of fused-ring (bicyclic) bond motifs is 2. The second kappa shape index (κ2) is 7.63. The lowest BCUT2D eigenvalue weighted by Crippen LogP contribution is -2.44. The molecule has 0 radical (unpaired) electrons. The predicted octanol–water partition coefficient (Wildman–Crippen LogP) is 2.96. The molecule has 0 spiro atoms. The Labute approximate surface area is 165 Å². The van der Waals surface area contributed by atoms with Gasteiger partial charge < -0.3 is 20.0 Å². The van der Waals surface area contributed by atoms with Gasteiger partial charge in [-0.05, 0) is 35.9 Å². The van der Waals surface area contributed by atoms with Crippen LogP contribution >= 0.6 is 0 Å². The largest absolute Gasteiger partial charge is 0.423 e. The Bertz CT molecular complexity index is 1270. The van der Waals surface area contributed by atoms with Gasteiger partial charge in [0.25, 0.3) is 0 Å². The van der Waals surface area contributed by atoms with E-state index < -0.39 is 11.7 Å². The van der Waals surface area contributed by atoms with Gasteiger partial charge in [0.1, 0.15) is 11.6 Å². The first-order chi connectivity index (χ1) is 14.0. The van der Waals surface area contributed by atoms with Crippen molar-refractivity contribution >= 4 is 39.4 Å². The first kappa shape index (κ1) is 18.5. The van der Waals surface area contributed by atoms with Crippen molar-refractivity contribution in [2.75, 3.05) is 5.32 Å². The zero-order valence-corrected chi connectivity index (χ0v) is 15.7. The van der Waals surface area contributed by atoms with Crippen LogP contribution < -0.4 is 16.3 Å². The third-order valence-electron chi connectivity index (χ3n) is 4.68. The molecule has 1 unspecified atom stereocenters. The number of amides is 2. The SMILES string of the molecule is CC(=O)NC(Cc1c[nH]c2ccccc12)C(=O)Nc1ccc2oc(=O)ccc2c1. The van der Waals surface area contributed by atoms with Gasteiger partial charge in [-0.25, -0.2) is 4.79 Å². The number of carbonyl (C=O) groups is 2. The Morgan fingerprint density at radius 3 is 2.76 bits per heavy atom. The molecule has 2 heterocycles. The van der Waals surface area contributed by atoms with E-state index in [1.54, 1.807) is 24.3 Å². The molecule has 0 aliphatic heterocycles. The van der Waals surface area contributed by atoms with Crippen molar-refractivity contribution in [2.45, 2.75) is 19.4 Å². The summed E-state index contributed by atoms with van der Waals surface area (Å²) >= 11 is 0. The highest BCUT2D eigenvalue weighted by Crippen LogP contribution is 2.21. The highest BCUT2D eigenvalue weighted by Gasteiger charge is 2.21. The van der Waals surface area contributed by atoms with Gasteiger partial charge in [-0.15, -0.1) is 0 Å². The lowest BCUT2D eigenvalue weighted by Gasteiger charge is -2.17. The Morgan fingerprint density at radius 1 is 1.10 bits per heavy atom. The summed E-state index contributed by atoms with van der Waals surface area (Å²) in [6, 6.07) is 15.0. The van der Waals surface area contributed by atoms with Crippen LogP contribution in [0.2, 0.25) is 0 Å². The van der Waals surface area contributed by atoms with Crippen LogP contribution in [-0.2, 0) is 16.0 Å². The smallest absolute Gasteiger partial charge is 0.336 e. The molecule has 2 amide bonds. The van der Waals surface area contributed by atoms with Crippen molar-refractivity contribution in [1.82, 2.24) is 10.3 Å². The van der Waals surface area contributed by atoms with Gasteiger partial charge in [-0.1, -0.05) is 18.2 Å². The van der Waals surface area contributed by atoms with Crippen molar-refractivity contribution in [3.8, 4) is 0 Å². The van der Waals surface area contributed by atoms with Crippen LogP contribution in [0.15, 0.2) is 70.0 Å². The van der Waals surface area contributed by atoms with E-state index >= 15 is 0 Å². The van der Waals surface area contributed by atoms with Crippen LogP contribution in [0.4, 0.5) is 5.69 Å². The number of rotatable bonds is 5. The highest BCUT2D eigenvalue weighted by molar-refractivity contribution is 5.99. The third-order valence-corrected chi connectivity index (χ3v) is 4.68. The number of nitrogens with one attached hydrogen (secondary N) is 3. The summed E-state index contributed by atoms with van der Waals surface area (Å²) in [7, 11) is 0. The van der Waals surface area contributed by atoms with Gasteiger partial charge in [-0.3, -0.25) is 9.59 Å². The number of hydrogen-bond donors (Lipinski definition) is 3. The number of aromatic nitrogens is 1. The van der Waals surface area contributed by atoms with Crippen LogP contribution in [0, 0.1) is 0 Å². The molecular formula is C22H19N3O4. The maximum atomic E-state index is 12.9. The number of H-pyrrole nitrogens is 1. The van der Waals surface area contributed by atoms with Crippen molar-refractivity contribution in [2.24, 2.45) is 0 Å². The summed E-state index contributed by atoms with van der Waals surface area (Å²) in [5.74, 6) is -0.618. The van der Waals surface area contributed by atoms with E-state index in [1.165, 1.54) is 13.0 Å². The highest BCUT2D eigenvalue weighted by atomic mass is 16.4. The Morgan fingerprint density at radius 2 is 1.93 bits per heavy atom. The fraction of sp³-hybridized carbons (Fsp3) is 0.136. The maximum Gasteiger partial charge on any atom is 0.336 e. The first-order valence-electron chi connectivity index (χ1n) is 9.16. The minimum Gasteiger partial charge on any atom is -0.423 e. The molecule has 7 nitrogen and oxygen atoms in total. The van der Waals surface area contributed by atoms with Crippen LogP contribution in [0.5, 0.6) is 0 Å². The average molecular weight is 389 g/mol. The molecule has 146 valence electrons. The number of para-hydroxylation sites is 1. The van der Waals surface area contributed by atoms with Crippen LogP contribution in [0.3, 0.4) is 0 Å². The zero-order chi connectivity index (χ0) is 20.4. The number of benzene rings is 2. The zero-order valence-electron chi connectivity index (χ0n) is 15.7. The summed E-state index contributed by atoms with van der Waals surface area (Å²) in [5.41, 5.74) is 2.47. The Balaban J connectivity index is 1.58. The topological polar surface area (TPSA) is 104 Å². The average Bonchev–Trinajstić information content (AvgIpc) is 3.10. The molecule has 2 aromatic heterocycles. The Hall–Kier alpha value is -3.87. The minimum absolute atomic E-state index is 0.287. The summed E-state index contributed by atoms with van der Waals surface area (Å²) in [5, 5.41) is 7.25. The van der Waals surface area contributed by atoms with E-state index in [0.29, 0.717) is 23.1 Å².